The Morgan fingerprint density at radius 3 is 2.86 bits per heavy atom. The van der Waals surface area contributed by atoms with E-state index >= 15 is 0 Å². The number of aromatic nitrogens is 4. The molecule has 0 amide bonds. The van der Waals surface area contributed by atoms with Crippen LogP contribution in [0.3, 0.4) is 0 Å². The fourth-order valence-electron chi connectivity index (χ4n) is 2.56. The molecule has 0 aliphatic carbocycles. The third-order valence-electron chi connectivity index (χ3n) is 3.49. The van der Waals surface area contributed by atoms with Crippen LogP contribution >= 0.6 is 0 Å². The second kappa shape index (κ2) is 5.52. The lowest BCUT2D eigenvalue weighted by molar-refractivity contribution is 0.112. The Hall–Kier alpha value is -2.43. The van der Waals surface area contributed by atoms with Crippen molar-refractivity contribution in [3.05, 3.63) is 48.2 Å². The molecule has 0 unspecified atom stereocenters. The van der Waals surface area contributed by atoms with Crippen LogP contribution in [0.1, 0.15) is 30.0 Å². The fourth-order valence-corrected chi connectivity index (χ4v) is 2.56. The highest BCUT2D eigenvalue weighted by molar-refractivity contribution is 5.97. The Balaban J connectivity index is 1.99. The Bertz CT molecular complexity index is 770. The highest BCUT2D eigenvalue weighted by atomic mass is 16.1. The summed E-state index contributed by atoms with van der Waals surface area (Å²) in [6.45, 7) is 5.76. The van der Waals surface area contributed by atoms with Gasteiger partial charge in [-0.3, -0.25) is 4.79 Å². The molecule has 0 spiro atoms. The van der Waals surface area contributed by atoms with Crippen LogP contribution in [0.2, 0.25) is 0 Å². The van der Waals surface area contributed by atoms with E-state index in [4.69, 9.17) is 0 Å². The number of carbonyl (C=O) groups excluding carboxylic acids is 1. The monoisotopic (exact) mass is 282 g/mol. The van der Waals surface area contributed by atoms with Gasteiger partial charge in [-0.2, -0.15) is 5.10 Å². The van der Waals surface area contributed by atoms with Crippen LogP contribution in [0.4, 0.5) is 0 Å². The first-order chi connectivity index (χ1) is 10.2. The van der Waals surface area contributed by atoms with E-state index in [1.165, 1.54) is 0 Å². The standard InChI is InChI=1S/C16H18N4O/c1-12(2)7-20-16(17-11-18-20)9-19-8-13(10-21)14-5-3-4-6-15(14)19/h3-6,8,10-12H,7,9H2,1-2H3. The predicted octanol–water partition coefficient (Wildman–Crippen LogP) is 2.75. The summed E-state index contributed by atoms with van der Waals surface area (Å²) in [6, 6.07) is 7.91. The van der Waals surface area contributed by atoms with Crippen LogP contribution < -0.4 is 0 Å². The molecule has 0 saturated carbocycles. The molecule has 0 radical (unpaired) electrons. The van der Waals surface area contributed by atoms with Crippen LogP contribution in [0, 0.1) is 5.92 Å². The van der Waals surface area contributed by atoms with Crippen LogP contribution in [0.15, 0.2) is 36.8 Å². The van der Waals surface area contributed by atoms with Crippen molar-refractivity contribution in [3.8, 4) is 0 Å². The van der Waals surface area contributed by atoms with E-state index in [-0.39, 0.29) is 0 Å². The molecule has 0 atom stereocenters. The molecule has 0 bridgehead atoms. The van der Waals surface area contributed by atoms with Gasteiger partial charge >= 0.3 is 0 Å². The summed E-state index contributed by atoms with van der Waals surface area (Å²) in [5.74, 6) is 1.42. The molecule has 21 heavy (non-hydrogen) atoms. The molecule has 0 fully saturated rings. The Morgan fingerprint density at radius 2 is 2.10 bits per heavy atom. The van der Waals surface area contributed by atoms with Crippen molar-refractivity contribution in [2.75, 3.05) is 0 Å². The summed E-state index contributed by atoms with van der Waals surface area (Å²) in [7, 11) is 0. The van der Waals surface area contributed by atoms with Crippen molar-refractivity contribution in [1.29, 1.82) is 0 Å². The number of carbonyl (C=O) groups is 1. The molecule has 2 heterocycles. The molecule has 3 aromatic rings. The molecular weight excluding hydrogens is 264 g/mol. The third-order valence-corrected chi connectivity index (χ3v) is 3.49. The van der Waals surface area contributed by atoms with Crippen LogP contribution in [-0.2, 0) is 13.1 Å². The van der Waals surface area contributed by atoms with Gasteiger partial charge in [-0.1, -0.05) is 32.0 Å². The summed E-state index contributed by atoms with van der Waals surface area (Å²) in [6.07, 6.45) is 4.37. The van der Waals surface area contributed by atoms with Gasteiger partial charge in [-0.15, -0.1) is 0 Å². The third kappa shape index (κ3) is 2.59. The maximum Gasteiger partial charge on any atom is 0.152 e. The Kier molecular flexibility index (Phi) is 3.56. The molecule has 3 rings (SSSR count). The first-order valence-corrected chi connectivity index (χ1v) is 7.08. The van der Waals surface area contributed by atoms with Crippen molar-refractivity contribution in [3.63, 3.8) is 0 Å². The van der Waals surface area contributed by atoms with Gasteiger partial charge in [-0.25, -0.2) is 9.67 Å². The van der Waals surface area contributed by atoms with Gasteiger partial charge in [0.25, 0.3) is 0 Å². The van der Waals surface area contributed by atoms with Gasteiger partial charge < -0.3 is 4.57 Å². The predicted molar refractivity (Wildman–Crippen MR) is 81.3 cm³/mol. The number of para-hydroxylation sites is 1. The van der Waals surface area contributed by atoms with E-state index in [1.807, 2.05) is 35.1 Å². The normalized spacial score (nSPS) is 11.4. The van der Waals surface area contributed by atoms with Crippen molar-refractivity contribution in [2.24, 2.45) is 5.92 Å². The van der Waals surface area contributed by atoms with Crippen molar-refractivity contribution < 1.29 is 4.79 Å². The summed E-state index contributed by atoms with van der Waals surface area (Å²) in [4.78, 5) is 15.6. The van der Waals surface area contributed by atoms with Crippen LogP contribution in [-0.4, -0.2) is 25.6 Å². The zero-order valence-electron chi connectivity index (χ0n) is 12.2. The molecular formula is C16H18N4O. The maximum absolute atomic E-state index is 11.2. The van der Waals surface area contributed by atoms with Crippen LogP contribution in [0.5, 0.6) is 0 Å². The van der Waals surface area contributed by atoms with E-state index in [1.54, 1.807) is 6.33 Å². The van der Waals surface area contributed by atoms with Gasteiger partial charge in [0.15, 0.2) is 6.29 Å². The number of fused-ring (bicyclic) bond motifs is 1. The molecule has 1 aromatic carbocycles. The van der Waals surface area contributed by atoms with Gasteiger partial charge in [0.1, 0.15) is 12.2 Å². The summed E-state index contributed by atoms with van der Waals surface area (Å²) < 4.78 is 3.99. The van der Waals surface area contributed by atoms with Crippen LogP contribution in [0.25, 0.3) is 10.9 Å². The molecule has 0 aliphatic rings. The molecule has 108 valence electrons. The minimum atomic E-state index is 0.511. The topological polar surface area (TPSA) is 52.7 Å². The lowest BCUT2D eigenvalue weighted by Gasteiger charge is -2.09. The van der Waals surface area contributed by atoms with E-state index in [9.17, 15) is 4.79 Å². The van der Waals surface area contributed by atoms with Crippen molar-refractivity contribution in [2.45, 2.75) is 26.9 Å². The number of nitrogens with zero attached hydrogens (tertiary/aromatic N) is 4. The molecule has 0 N–H and O–H groups in total. The first-order valence-electron chi connectivity index (χ1n) is 7.08. The minimum Gasteiger partial charge on any atom is -0.339 e. The van der Waals surface area contributed by atoms with E-state index in [0.29, 0.717) is 18.0 Å². The second-order valence-corrected chi connectivity index (χ2v) is 5.60. The smallest absolute Gasteiger partial charge is 0.152 e. The molecule has 0 saturated heterocycles. The Labute approximate surface area is 123 Å². The van der Waals surface area contributed by atoms with Gasteiger partial charge in [0.05, 0.1) is 6.54 Å². The van der Waals surface area contributed by atoms with Gasteiger partial charge in [-0.05, 0) is 12.0 Å². The highest BCUT2D eigenvalue weighted by Gasteiger charge is 2.11. The van der Waals surface area contributed by atoms with Gasteiger partial charge in [0.2, 0.25) is 0 Å². The van der Waals surface area contributed by atoms with E-state index in [2.05, 4.69) is 28.5 Å². The number of aldehydes is 1. The van der Waals surface area contributed by atoms with E-state index < -0.39 is 0 Å². The Morgan fingerprint density at radius 1 is 1.29 bits per heavy atom. The number of rotatable bonds is 5. The SMILES string of the molecule is CC(C)Cn1ncnc1Cn1cc(C=O)c2ccccc21. The minimum absolute atomic E-state index is 0.511. The first kappa shape index (κ1) is 13.5. The summed E-state index contributed by atoms with van der Waals surface area (Å²) in [5.41, 5.74) is 1.75. The lowest BCUT2D eigenvalue weighted by Crippen LogP contribution is -2.13. The summed E-state index contributed by atoms with van der Waals surface area (Å²) >= 11 is 0. The number of hydrogen-bond donors (Lipinski definition) is 0. The van der Waals surface area contributed by atoms with Crippen molar-refractivity contribution in [1.82, 2.24) is 19.3 Å². The average Bonchev–Trinajstić information content (AvgIpc) is 3.04. The van der Waals surface area contributed by atoms with Crippen molar-refractivity contribution >= 4 is 17.2 Å². The molecule has 5 heteroatoms. The zero-order chi connectivity index (χ0) is 14.8. The molecule has 0 aliphatic heterocycles. The van der Waals surface area contributed by atoms with E-state index in [0.717, 1.165) is 29.6 Å². The zero-order valence-corrected chi connectivity index (χ0v) is 12.2. The quantitative estimate of drug-likeness (QED) is 0.676. The second-order valence-electron chi connectivity index (χ2n) is 5.60. The lowest BCUT2D eigenvalue weighted by atomic mass is 10.2. The number of benzene rings is 1. The molecule has 2 aromatic heterocycles. The highest BCUT2D eigenvalue weighted by Crippen LogP contribution is 2.20. The number of hydrogen-bond acceptors (Lipinski definition) is 3. The largest absolute Gasteiger partial charge is 0.339 e. The van der Waals surface area contributed by atoms with Gasteiger partial charge in [0, 0.05) is 29.2 Å². The average molecular weight is 282 g/mol. The summed E-state index contributed by atoms with van der Waals surface area (Å²) in [5, 5.41) is 5.26. The fraction of sp³-hybridized carbons (Fsp3) is 0.312. The maximum atomic E-state index is 11.2. The molecule has 5 nitrogen and oxygen atoms in total.